The standard InChI is InChI=1S/C26H40N6O4S/c1-20-18-23(35-5)19-21(2)25(20)37(33,34)30(4)16-17-36-26-27-9-6-24(28-26)32-10-7-22(8-11-32)31-14-12-29(3)13-15-31/h6,9,18-19,22H,7-8,10-17H2,1-5H3. The fraction of sp³-hybridized carbons (Fsp3) is 0.615. The second-order valence-corrected chi connectivity index (χ2v) is 12.0. The molecule has 0 radical (unpaired) electrons. The summed E-state index contributed by atoms with van der Waals surface area (Å²) < 4.78 is 38.8. The lowest BCUT2D eigenvalue weighted by Crippen LogP contribution is -2.52. The molecule has 3 heterocycles. The lowest BCUT2D eigenvalue weighted by atomic mass is 10.0. The van der Waals surface area contributed by atoms with Gasteiger partial charge < -0.3 is 19.3 Å². The first-order chi connectivity index (χ1) is 17.7. The van der Waals surface area contributed by atoms with Gasteiger partial charge in [-0.25, -0.2) is 13.4 Å². The van der Waals surface area contributed by atoms with Gasteiger partial charge in [-0.05, 0) is 63.1 Å². The molecule has 2 fully saturated rings. The summed E-state index contributed by atoms with van der Waals surface area (Å²) in [6.45, 7) is 10.4. The molecule has 37 heavy (non-hydrogen) atoms. The number of piperazine rings is 1. The van der Waals surface area contributed by atoms with Crippen molar-refractivity contribution in [2.45, 2.75) is 37.6 Å². The van der Waals surface area contributed by atoms with Crippen molar-refractivity contribution in [2.24, 2.45) is 0 Å². The van der Waals surface area contributed by atoms with E-state index in [0.29, 0.717) is 27.8 Å². The summed E-state index contributed by atoms with van der Waals surface area (Å²) in [5, 5.41) is 0. The van der Waals surface area contributed by atoms with Crippen LogP contribution in [-0.4, -0.2) is 112 Å². The molecule has 2 saturated heterocycles. The number of hydrogen-bond acceptors (Lipinski definition) is 9. The Balaban J connectivity index is 1.30. The fourth-order valence-corrected chi connectivity index (χ4v) is 6.76. The Morgan fingerprint density at radius 3 is 2.32 bits per heavy atom. The maximum absolute atomic E-state index is 13.2. The topological polar surface area (TPSA) is 91.3 Å². The number of aryl methyl sites for hydroxylation is 2. The molecule has 1 aromatic carbocycles. The van der Waals surface area contributed by atoms with E-state index in [2.05, 4.69) is 31.7 Å². The minimum absolute atomic E-state index is 0.152. The number of likely N-dealkylation sites (N-methyl/N-ethyl adjacent to an activating group) is 2. The number of nitrogens with zero attached hydrogens (tertiary/aromatic N) is 6. The number of ether oxygens (including phenoxy) is 2. The molecule has 0 saturated carbocycles. The number of methoxy groups -OCH3 is 1. The smallest absolute Gasteiger partial charge is 0.318 e. The number of piperidine rings is 1. The Bertz CT molecular complexity index is 1140. The Labute approximate surface area is 221 Å². The maximum atomic E-state index is 13.2. The molecule has 0 aliphatic carbocycles. The highest BCUT2D eigenvalue weighted by Crippen LogP contribution is 2.28. The van der Waals surface area contributed by atoms with E-state index in [4.69, 9.17) is 9.47 Å². The van der Waals surface area contributed by atoms with Gasteiger partial charge in [0.05, 0.1) is 12.0 Å². The molecule has 204 valence electrons. The van der Waals surface area contributed by atoms with Gasteiger partial charge in [-0.3, -0.25) is 4.90 Å². The maximum Gasteiger partial charge on any atom is 0.318 e. The fourth-order valence-electron chi connectivity index (χ4n) is 5.20. The molecular formula is C26H40N6O4S. The van der Waals surface area contributed by atoms with Crippen molar-refractivity contribution in [1.82, 2.24) is 24.1 Å². The van der Waals surface area contributed by atoms with E-state index < -0.39 is 10.0 Å². The van der Waals surface area contributed by atoms with Crippen LogP contribution in [-0.2, 0) is 10.0 Å². The molecule has 0 unspecified atom stereocenters. The van der Waals surface area contributed by atoms with Crippen LogP contribution in [0.3, 0.4) is 0 Å². The predicted octanol–water partition coefficient (Wildman–Crippen LogP) is 2.02. The number of hydrogen-bond donors (Lipinski definition) is 0. The largest absolute Gasteiger partial charge is 0.497 e. The number of anilines is 1. The average molecular weight is 533 g/mol. The van der Waals surface area contributed by atoms with Crippen LogP contribution in [0.15, 0.2) is 29.3 Å². The Morgan fingerprint density at radius 2 is 1.70 bits per heavy atom. The zero-order valence-electron chi connectivity index (χ0n) is 22.7. The van der Waals surface area contributed by atoms with E-state index in [1.807, 2.05) is 6.07 Å². The third kappa shape index (κ3) is 6.51. The minimum Gasteiger partial charge on any atom is -0.497 e. The van der Waals surface area contributed by atoms with Gasteiger partial charge in [0.2, 0.25) is 10.0 Å². The van der Waals surface area contributed by atoms with Crippen LogP contribution in [0, 0.1) is 13.8 Å². The summed E-state index contributed by atoms with van der Waals surface area (Å²) in [5.41, 5.74) is 1.30. The van der Waals surface area contributed by atoms with Crippen molar-refractivity contribution in [1.29, 1.82) is 0 Å². The van der Waals surface area contributed by atoms with Crippen molar-refractivity contribution < 1.29 is 17.9 Å². The highest BCUT2D eigenvalue weighted by Gasteiger charge is 2.28. The molecule has 0 N–H and O–H groups in total. The monoisotopic (exact) mass is 532 g/mol. The van der Waals surface area contributed by atoms with Gasteiger partial charge >= 0.3 is 6.01 Å². The average Bonchev–Trinajstić information content (AvgIpc) is 2.88. The Morgan fingerprint density at radius 1 is 1.05 bits per heavy atom. The molecular weight excluding hydrogens is 492 g/mol. The van der Waals surface area contributed by atoms with Crippen LogP contribution in [0.5, 0.6) is 11.8 Å². The summed E-state index contributed by atoms with van der Waals surface area (Å²) >= 11 is 0. The molecule has 11 heteroatoms. The van der Waals surface area contributed by atoms with Crippen LogP contribution < -0.4 is 14.4 Å². The van der Waals surface area contributed by atoms with E-state index in [-0.39, 0.29) is 19.2 Å². The van der Waals surface area contributed by atoms with Gasteiger partial charge in [0.1, 0.15) is 18.2 Å². The third-order valence-electron chi connectivity index (χ3n) is 7.44. The Kier molecular flexibility index (Phi) is 8.89. The van der Waals surface area contributed by atoms with Crippen molar-refractivity contribution >= 4 is 15.8 Å². The quantitative estimate of drug-likeness (QED) is 0.481. The molecule has 1 aromatic heterocycles. The van der Waals surface area contributed by atoms with Gasteiger partial charge in [-0.15, -0.1) is 0 Å². The first-order valence-electron chi connectivity index (χ1n) is 12.9. The zero-order chi connectivity index (χ0) is 26.6. The predicted molar refractivity (Wildman–Crippen MR) is 144 cm³/mol. The summed E-state index contributed by atoms with van der Waals surface area (Å²) in [6, 6.07) is 6.28. The highest BCUT2D eigenvalue weighted by molar-refractivity contribution is 7.89. The van der Waals surface area contributed by atoms with Crippen LogP contribution in [0.2, 0.25) is 0 Å². The molecule has 10 nitrogen and oxygen atoms in total. The van der Waals surface area contributed by atoms with E-state index in [1.54, 1.807) is 46.3 Å². The zero-order valence-corrected chi connectivity index (χ0v) is 23.5. The molecule has 4 rings (SSSR count). The van der Waals surface area contributed by atoms with Gasteiger partial charge in [0.25, 0.3) is 0 Å². The van der Waals surface area contributed by atoms with Crippen LogP contribution >= 0.6 is 0 Å². The summed E-state index contributed by atoms with van der Waals surface area (Å²) in [4.78, 5) is 16.4. The van der Waals surface area contributed by atoms with Gasteiger partial charge in [0.15, 0.2) is 0 Å². The molecule has 2 aromatic rings. The molecule has 0 amide bonds. The van der Waals surface area contributed by atoms with Gasteiger partial charge in [-0.2, -0.15) is 9.29 Å². The molecule has 0 bridgehead atoms. The first kappa shape index (κ1) is 27.6. The Hall–Kier alpha value is -2.47. The number of sulfonamides is 1. The van der Waals surface area contributed by atoms with E-state index in [1.165, 1.54) is 4.31 Å². The molecule has 2 aliphatic heterocycles. The number of aromatic nitrogens is 2. The van der Waals surface area contributed by atoms with Gasteiger partial charge in [-0.1, -0.05) is 0 Å². The van der Waals surface area contributed by atoms with Crippen LogP contribution in [0.4, 0.5) is 5.82 Å². The lowest BCUT2D eigenvalue weighted by molar-refractivity contribution is 0.0981. The van der Waals surface area contributed by atoms with Crippen molar-refractivity contribution in [2.75, 3.05) is 78.5 Å². The van der Waals surface area contributed by atoms with Crippen LogP contribution in [0.25, 0.3) is 0 Å². The summed E-state index contributed by atoms with van der Waals surface area (Å²) in [6.07, 6.45) is 3.95. The van der Waals surface area contributed by atoms with E-state index in [9.17, 15) is 8.42 Å². The summed E-state index contributed by atoms with van der Waals surface area (Å²) in [7, 11) is 1.64. The molecule has 0 spiro atoms. The number of rotatable bonds is 9. The van der Waals surface area contributed by atoms with Crippen molar-refractivity contribution in [3.05, 3.63) is 35.5 Å². The SMILES string of the molecule is COc1cc(C)c(S(=O)(=O)N(C)CCOc2nccc(N3CCC(N4CCN(C)CC4)CC3)n2)c(C)c1. The second kappa shape index (κ2) is 11.9. The third-order valence-corrected chi connectivity index (χ3v) is 9.60. The van der Waals surface area contributed by atoms with Crippen LogP contribution in [0.1, 0.15) is 24.0 Å². The van der Waals surface area contributed by atoms with Crippen molar-refractivity contribution in [3.8, 4) is 11.8 Å². The highest BCUT2D eigenvalue weighted by atomic mass is 32.2. The summed E-state index contributed by atoms with van der Waals surface area (Å²) in [5.74, 6) is 1.49. The van der Waals surface area contributed by atoms with Gasteiger partial charge in [0, 0.05) is 65.1 Å². The second-order valence-electron chi connectivity index (χ2n) is 10.0. The van der Waals surface area contributed by atoms with Crippen molar-refractivity contribution in [3.63, 3.8) is 0 Å². The normalized spacial score (nSPS) is 18.4. The molecule has 2 aliphatic rings. The van der Waals surface area contributed by atoms with E-state index >= 15 is 0 Å². The lowest BCUT2D eigenvalue weighted by Gasteiger charge is -2.42. The van der Waals surface area contributed by atoms with E-state index in [0.717, 1.165) is 57.9 Å². The first-order valence-corrected chi connectivity index (χ1v) is 14.4. The number of benzene rings is 1. The molecule has 0 atom stereocenters. The minimum atomic E-state index is -3.68.